The first-order valence-corrected chi connectivity index (χ1v) is 6.22. The summed E-state index contributed by atoms with van der Waals surface area (Å²) in [7, 11) is 0. The Balaban J connectivity index is 0.000000459. The monoisotopic (exact) mass is 289 g/mol. The smallest absolute Gasteiger partial charge is 0.341 e. The Bertz CT molecular complexity index is 377. The highest BCUT2D eigenvalue weighted by atomic mass is 35.5. The van der Waals surface area contributed by atoms with Gasteiger partial charge in [-0.1, -0.05) is 6.92 Å². The van der Waals surface area contributed by atoms with E-state index in [2.05, 4.69) is 9.97 Å². The molecule has 0 aliphatic heterocycles. The second-order valence-corrected chi connectivity index (χ2v) is 4.86. The van der Waals surface area contributed by atoms with Crippen LogP contribution in [0.1, 0.15) is 37.6 Å². The molecule has 0 amide bonds. The summed E-state index contributed by atoms with van der Waals surface area (Å²) >= 11 is 5.45. The quantitative estimate of drug-likeness (QED) is 0.642. The standard InChI is InChI=1S/C8H9ClN2O2.C4H11NO/c1-2-3-13-7(12)6-4-10-8(9)11-5-6;1-4(2,5)3-6/h4-5H,2-3H2,1H3;6H,3,5H2,1-2H3. The molecule has 108 valence electrons. The van der Waals surface area contributed by atoms with E-state index < -0.39 is 11.5 Å². The molecule has 0 spiro atoms. The van der Waals surface area contributed by atoms with Crippen LogP contribution in [-0.2, 0) is 4.74 Å². The normalized spacial score (nSPS) is 10.4. The Labute approximate surface area is 118 Å². The fourth-order valence-corrected chi connectivity index (χ4v) is 0.793. The van der Waals surface area contributed by atoms with Crippen molar-refractivity contribution >= 4 is 17.6 Å². The average molecular weight is 290 g/mol. The number of esters is 1. The Kier molecular flexibility index (Phi) is 8.22. The van der Waals surface area contributed by atoms with Crippen LogP contribution in [-0.4, -0.2) is 39.8 Å². The maximum Gasteiger partial charge on any atom is 0.341 e. The number of hydrogen-bond donors (Lipinski definition) is 2. The van der Waals surface area contributed by atoms with Crippen molar-refractivity contribution < 1.29 is 14.6 Å². The number of aliphatic hydroxyl groups excluding tert-OH is 1. The predicted octanol–water partition coefficient (Wildman–Crippen LogP) is 1.41. The SMILES string of the molecule is CC(C)(N)CO.CCCOC(=O)c1cnc(Cl)nc1. The van der Waals surface area contributed by atoms with E-state index in [1.165, 1.54) is 12.4 Å². The van der Waals surface area contributed by atoms with E-state index in [1.807, 2.05) is 6.92 Å². The minimum absolute atomic E-state index is 0.0486. The number of rotatable bonds is 4. The van der Waals surface area contributed by atoms with Crippen molar-refractivity contribution in [1.29, 1.82) is 0 Å². The van der Waals surface area contributed by atoms with Crippen LogP contribution in [0.5, 0.6) is 0 Å². The first-order valence-electron chi connectivity index (χ1n) is 5.84. The van der Waals surface area contributed by atoms with Crippen LogP contribution in [0.2, 0.25) is 5.28 Å². The third-order valence-corrected chi connectivity index (χ3v) is 1.90. The maximum absolute atomic E-state index is 11.2. The summed E-state index contributed by atoms with van der Waals surface area (Å²) in [6.45, 7) is 5.92. The summed E-state index contributed by atoms with van der Waals surface area (Å²) in [6, 6.07) is 0. The van der Waals surface area contributed by atoms with Gasteiger partial charge in [0.15, 0.2) is 0 Å². The third-order valence-electron chi connectivity index (χ3n) is 1.70. The van der Waals surface area contributed by atoms with Crippen LogP contribution < -0.4 is 5.73 Å². The van der Waals surface area contributed by atoms with Crippen LogP contribution in [0, 0.1) is 0 Å². The number of ether oxygens (including phenoxy) is 1. The van der Waals surface area contributed by atoms with Gasteiger partial charge < -0.3 is 15.6 Å². The number of aromatic nitrogens is 2. The van der Waals surface area contributed by atoms with Gasteiger partial charge in [-0.3, -0.25) is 0 Å². The lowest BCUT2D eigenvalue weighted by atomic mass is 10.1. The van der Waals surface area contributed by atoms with Crippen molar-refractivity contribution in [3.05, 3.63) is 23.2 Å². The molecule has 3 N–H and O–H groups in total. The lowest BCUT2D eigenvalue weighted by Crippen LogP contribution is -2.35. The Morgan fingerprint density at radius 1 is 1.47 bits per heavy atom. The summed E-state index contributed by atoms with van der Waals surface area (Å²) in [5.74, 6) is -0.418. The molecule has 0 unspecified atom stereocenters. The van der Waals surface area contributed by atoms with Crippen molar-refractivity contribution in [2.24, 2.45) is 5.73 Å². The fourth-order valence-electron chi connectivity index (χ4n) is 0.696. The number of carbonyl (C=O) groups excluding carboxylic acids is 1. The summed E-state index contributed by atoms with van der Waals surface area (Å²) in [5.41, 5.74) is 5.20. The molecule has 6 nitrogen and oxygen atoms in total. The van der Waals surface area contributed by atoms with Gasteiger partial charge in [0.25, 0.3) is 0 Å². The largest absolute Gasteiger partial charge is 0.462 e. The molecule has 0 saturated carbocycles. The van der Waals surface area contributed by atoms with E-state index in [1.54, 1.807) is 13.8 Å². The molecule has 0 saturated heterocycles. The minimum atomic E-state index is -0.418. The van der Waals surface area contributed by atoms with Crippen molar-refractivity contribution in [1.82, 2.24) is 9.97 Å². The third kappa shape index (κ3) is 9.35. The number of hydrogen-bond acceptors (Lipinski definition) is 6. The predicted molar refractivity (Wildman–Crippen MR) is 73.0 cm³/mol. The van der Waals surface area contributed by atoms with Gasteiger partial charge in [-0.25, -0.2) is 14.8 Å². The van der Waals surface area contributed by atoms with Gasteiger partial charge in [-0.15, -0.1) is 0 Å². The molecule has 0 bridgehead atoms. The van der Waals surface area contributed by atoms with Gasteiger partial charge in [0.05, 0.1) is 18.8 Å². The molecule has 1 aromatic heterocycles. The number of carbonyl (C=O) groups is 1. The summed E-state index contributed by atoms with van der Waals surface area (Å²) in [5, 5.41) is 8.40. The second-order valence-electron chi connectivity index (χ2n) is 4.52. The van der Waals surface area contributed by atoms with Crippen LogP contribution in [0.4, 0.5) is 0 Å². The molecule has 19 heavy (non-hydrogen) atoms. The van der Waals surface area contributed by atoms with E-state index >= 15 is 0 Å². The molecule has 1 aromatic rings. The van der Waals surface area contributed by atoms with Crippen LogP contribution in [0.25, 0.3) is 0 Å². The molecular formula is C12H20ClN3O3. The minimum Gasteiger partial charge on any atom is -0.462 e. The van der Waals surface area contributed by atoms with E-state index in [4.69, 9.17) is 27.2 Å². The average Bonchev–Trinajstić information content (AvgIpc) is 2.36. The van der Waals surface area contributed by atoms with Gasteiger partial charge in [0.1, 0.15) is 0 Å². The van der Waals surface area contributed by atoms with Crippen molar-refractivity contribution in [3.8, 4) is 0 Å². The fraction of sp³-hybridized carbons (Fsp3) is 0.583. The highest BCUT2D eigenvalue weighted by Crippen LogP contribution is 2.02. The lowest BCUT2D eigenvalue weighted by Gasteiger charge is -2.12. The zero-order valence-electron chi connectivity index (χ0n) is 11.4. The Hall–Kier alpha value is -1.24. The highest BCUT2D eigenvalue weighted by molar-refractivity contribution is 6.28. The maximum atomic E-state index is 11.2. The topological polar surface area (TPSA) is 98.3 Å². The number of nitrogens with two attached hydrogens (primary N) is 1. The number of aliphatic hydroxyl groups is 1. The second kappa shape index (κ2) is 8.79. The molecule has 0 aromatic carbocycles. The van der Waals surface area contributed by atoms with Crippen LogP contribution in [0.3, 0.4) is 0 Å². The van der Waals surface area contributed by atoms with Crippen LogP contribution >= 0.6 is 11.6 Å². The van der Waals surface area contributed by atoms with Gasteiger partial charge in [-0.05, 0) is 31.9 Å². The summed E-state index contributed by atoms with van der Waals surface area (Å²) in [6.07, 6.45) is 3.47. The molecule has 0 fully saturated rings. The van der Waals surface area contributed by atoms with Crippen LogP contribution in [0.15, 0.2) is 12.4 Å². The van der Waals surface area contributed by atoms with Crippen molar-refractivity contribution in [2.45, 2.75) is 32.7 Å². The number of nitrogens with zero attached hydrogens (tertiary/aromatic N) is 2. The molecule has 0 aliphatic rings. The summed E-state index contributed by atoms with van der Waals surface area (Å²) < 4.78 is 4.86. The van der Waals surface area contributed by atoms with E-state index in [0.29, 0.717) is 12.2 Å². The first-order chi connectivity index (χ1) is 8.80. The first kappa shape index (κ1) is 17.8. The molecule has 0 aliphatic carbocycles. The molecule has 1 heterocycles. The van der Waals surface area contributed by atoms with Crippen molar-refractivity contribution in [2.75, 3.05) is 13.2 Å². The highest BCUT2D eigenvalue weighted by Gasteiger charge is 2.07. The molecule has 7 heteroatoms. The van der Waals surface area contributed by atoms with Gasteiger partial charge in [-0.2, -0.15) is 0 Å². The molecule has 0 atom stereocenters. The zero-order valence-corrected chi connectivity index (χ0v) is 12.1. The summed E-state index contributed by atoms with van der Waals surface area (Å²) in [4.78, 5) is 18.5. The van der Waals surface area contributed by atoms with E-state index in [0.717, 1.165) is 6.42 Å². The zero-order chi connectivity index (χ0) is 14.9. The lowest BCUT2D eigenvalue weighted by molar-refractivity contribution is 0.0504. The van der Waals surface area contributed by atoms with Gasteiger partial charge in [0, 0.05) is 17.9 Å². The Morgan fingerprint density at radius 3 is 2.32 bits per heavy atom. The number of halogens is 1. The molecule has 1 rings (SSSR count). The molecule has 0 radical (unpaired) electrons. The van der Waals surface area contributed by atoms with Gasteiger partial charge in [0.2, 0.25) is 5.28 Å². The molecular weight excluding hydrogens is 270 g/mol. The Morgan fingerprint density at radius 2 is 1.95 bits per heavy atom. The van der Waals surface area contributed by atoms with E-state index in [-0.39, 0.29) is 11.9 Å². The van der Waals surface area contributed by atoms with Gasteiger partial charge >= 0.3 is 5.97 Å². The van der Waals surface area contributed by atoms with E-state index in [9.17, 15) is 4.79 Å². The van der Waals surface area contributed by atoms with Crippen molar-refractivity contribution in [3.63, 3.8) is 0 Å².